The van der Waals surface area contributed by atoms with Crippen LogP contribution in [-0.4, -0.2) is 16.2 Å². The molecule has 156 valence electrons. The summed E-state index contributed by atoms with van der Waals surface area (Å²) in [6.45, 7) is -2.99. The van der Waals surface area contributed by atoms with Gasteiger partial charge in [-0.1, -0.05) is 23.7 Å². The first kappa shape index (κ1) is 19.5. The molecule has 1 aliphatic heterocycles. The summed E-state index contributed by atoms with van der Waals surface area (Å²) in [4.78, 5) is 4.65. The summed E-state index contributed by atoms with van der Waals surface area (Å²) >= 11 is 6.22. The van der Waals surface area contributed by atoms with E-state index in [1.54, 1.807) is 18.2 Å². The van der Waals surface area contributed by atoms with E-state index in [0.29, 0.717) is 22.2 Å². The maximum atomic E-state index is 13.4. The van der Waals surface area contributed by atoms with Gasteiger partial charge in [-0.3, -0.25) is 4.57 Å². The Labute approximate surface area is 180 Å². The van der Waals surface area contributed by atoms with Crippen LogP contribution in [0.4, 0.5) is 19.1 Å². The van der Waals surface area contributed by atoms with Crippen LogP contribution in [0.15, 0.2) is 72.8 Å². The Morgan fingerprint density at radius 2 is 1.81 bits per heavy atom. The Kier molecular flexibility index (Phi) is 4.82. The lowest BCUT2D eigenvalue weighted by molar-refractivity contribution is -0.0505. The zero-order valence-electron chi connectivity index (χ0n) is 15.9. The lowest BCUT2D eigenvalue weighted by Gasteiger charge is -2.28. The SMILES string of the molecule is Fc1ccc(C2=C[C@@H](c3cc(Cl)ccc3OC(F)F)n3c(nc4ccccc43)N2)cc1. The van der Waals surface area contributed by atoms with Gasteiger partial charge in [-0.2, -0.15) is 8.78 Å². The van der Waals surface area contributed by atoms with Crippen molar-refractivity contribution in [3.8, 4) is 5.75 Å². The van der Waals surface area contributed by atoms with Crippen molar-refractivity contribution in [2.45, 2.75) is 12.7 Å². The summed E-state index contributed by atoms with van der Waals surface area (Å²) in [5, 5.41) is 3.65. The van der Waals surface area contributed by atoms with Crippen LogP contribution < -0.4 is 10.1 Å². The fourth-order valence-corrected chi connectivity index (χ4v) is 3.97. The molecule has 8 heteroatoms. The van der Waals surface area contributed by atoms with Crippen LogP contribution in [0.2, 0.25) is 5.02 Å². The molecule has 3 aromatic carbocycles. The fourth-order valence-electron chi connectivity index (χ4n) is 3.79. The summed E-state index contributed by atoms with van der Waals surface area (Å²) in [5.41, 5.74) is 3.40. The molecule has 1 atom stereocenters. The van der Waals surface area contributed by atoms with Crippen LogP contribution >= 0.6 is 11.6 Å². The minimum Gasteiger partial charge on any atom is -0.434 e. The molecule has 0 fully saturated rings. The number of hydrogen-bond donors (Lipinski definition) is 1. The lowest BCUT2D eigenvalue weighted by Crippen LogP contribution is -2.20. The second-order valence-electron chi connectivity index (χ2n) is 7.01. The van der Waals surface area contributed by atoms with Gasteiger partial charge < -0.3 is 10.1 Å². The maximum Gasteiger partial charge on any atom is 0.387 e. The monoisotopic (exact) mass is 441 g/mol. The van der Waals surface area contributed by atoms with Gasteiger partial charge in [0.2, 0.25) is 5.95 Å². The molecule has 4 nitrogen and oxygen atoms in total. The number of benzene rings is 3. The van der Waals surface area contributed by atoms with Gasteiger partial charge in [0.1, 0.15) is 11.6 Å². The Morgan fingerprint density at radius 1 is 1.03 bits per heavy atom. The maximum absolute atomic E-state index is 13.4. The average Bonchev–Trinajstić information content (AvgIpc) is 3.13. The lowest BCUT2D eigenvalue weighted by atomic mass is 10.00. The molecule has 5 rings (SSSR count). The average molecular weight is 442 g/mol. The fraction of sp³-hybridized carbons (Fsp3) is 0.0870. The van der Waals surface area contributed by atoms with Gasteiger partial charge in [-0.15, -0.1) is 0 Å². The predicted octanol–water partition coefficient (Wildman–Crippen LogP) is 6.49. The van der Waals surface area contributed by atoms with Gasteiger partial charge in [0.15, 0.2) is 0 Å². The number of imidazole rings is 1. The van der Waals surface area contributed by atoms with Crippen molar-refractivity contribution in [2.75, 3.05) is 5.32 Å². The Morgan fingerprint density at radius 3 is 2.58 bits per heavy atom. The molecule has 1 N–H and O–H groups in total. The molecule has 0 unspecified atom stereocenters. The highest BCUT2D eigenvalue weighted by Gasteiger charge is 2.28. The summed E-state index contributed by atoms with van der Waals surface area (Å²) < 4.78 is 46.3. The second kappa shape index (κ2) is 7.67. The van der Waals surface area contributed by atoms with Gasteiger partial charge in [0, 0.05) is 16.3 Å². The van der Waals surface area contributed by atoms with E-state index in [9.17, 15) is 13.2 Å². The van der Waals surface area contributed by atoms with Crippen LogP contribution in [0, 0.1) is 5.82 Å². The van der Waals surface area contributed by atoms with Crippen molar-refractivity contribution in [2.24, 2.45) is 0 Å². The van der Waals surface area contributed by atoms with E-state index >= 15 is 0 Å². The molecule has 0 aliphatic carbocycles. The number of alkyl halides is 2. The molecule has 0 saturated heterocycles. The largest absolute Gasteiger partial charge is 0.434 e. The van der Waals surface area contributed by atoms with Crippen molar-refractivity contribution in [3.05, 3.63) is 94.8 Å². The Balaban J connectivity index is 1.74. The summed E-state index contributed by atoms with van der Waals surface area (Å²) in [6.07, 6.45) is 1.86. The van der Waals surface area contributed by atoms with Crippen LogP contribution in [-0.2, 0) is 0 Å². The smallest absolute Gasteiger partial charge is 0.387 e. The van der Waals surface area contributed by atoms with Crippen molar-refractivity contribution in [1.29, 1.82) is 0 Å². The molecular weight excluding hydrogens is 427 g/mol. The molecule has 0 radical (unpaired) electrons. The number of fused-ring (bicyclic) bond motifs is 3. The van der Waals surface area contributed by atoms with E-state index in [4.69, 9.17) is 16.3 Å². The molecule has 31 heavy (non-hydrogen) atoms. The minimum absolute atomic E-state index is 0.0183. The number of aromatic nitrogens is 2. The third-order valence-electron chi connectivity index (χ3n) is 5.11. The third-order valence-corrected chi connectivity index (χ3v) is 5.34. The van der Waals surface area contributed by atoms with Gasteiger partial charge in [-0.25, -0.2) is 9.37 Å². The van der Waals surface area contributed by atoms with E-state index in [2.05, 4.69) is 10.3 Å². The topological polar surface area (TPSA) is 39.1 Å². The summed E-state index contributed by atoms with van der Waals surface area (Å²) in [6, 6.07) is 17.5. The predicted molar refractivity (Wildman–Crippen MR) is 114 cm³/mol. The van der Waals surface area contributed by atoms with E-state index in [-0.39, 0.29) is 11.6 Å². The number of nitrogens with zero attached hydrogens (tertiary/aromatic N) is 2. The number of nitrogens with one attached hydrogen (secondary N) is 1. The minimum atomic E-state index is -2.99. The summed E-state index contributed by atoms with van der Waals surface area (Å²) in [7, 11) is 0. The molecular formula is C23H15ClF3N3O. The zero-order valence-corrected chi connectivity index (χ0v) is 16.7. The molecule has 4 aromatic rings. The quantitative estimate of drug-likeness (QED) is 0.393. The number of rotatable bonds is 4. The number of allylic oxidation sites excluding steroid dienone is 1. The van der Waals surface area contributed by atoms with Crippen LogP contribution in [0.25, 0.3) is 16.7 Å². The first-order valence-corrected chi connectivity index (χ1v) is 9.83. The molecule has 0 bridgehead atoms. The van der Waals surface area contributed by atoms with Crippen molar-refractivity contribution < 1.29 is 17.9 Å². The van der Waals surface area contributed by atoms with Gasteiger partial charge in [0.25, 0.3) is 0 Å². The Bertz CT molecular complexity index is 1300. The zero-order chi connectivity index (χ0) is 21.5. The normalized spacial score (nSPS) is 15.5. The highest BCUT2D eigenvalue weighted by atomic mass is 35.5. The van der Waals surface area contributed by atoms with Crippen molar-refractivity contribution in [1.82, 2.24) is 9.55 Å². The molecule has 1 aliphatic rings. The molecule has 1 aromatic heterocycles. The number of anilines is 1. The number of halogens is 4. The molecule has 0 spiro atoms. The van der Waals surface area contributed by atoms with E-state index < -0.39 is 12.7 Å². The standard InChI is InChI=1S/C23H15ClF3N3O/c24-14-7-10-21(31-22(26)27)16(11-14)20-12-18(13-5-8-15(25)9-6-13)29-23-28-17-3-1-2-4-19(17)30(20)23/h1-12,20,22H,(H,28,29)/t20-/m0/s1. The van der Waals surface area contributed by atoms with Gasteiger partial charge in [0.05, 0.1) is 17.1 Å². The van der Waals surface area contributed by atoms with E-state index in [1.807, 2.05) is 34.9 Å². The molecule has 0 amide bonds. The highest BCUT2D eigenvalue weighted by molar-refractivity contribution is 6.30. The molecule has 2 heterocycles. The van der Waals surface area contributed by atoms with Crippen LogP contribution in [0.5, 0.6) is 5.75 Å². The Hall–Kier alpha value is -3.45. The van der Waals surface area contributed by atoms with Crippen LogP contribution in [0.1, 0.15) is 17.2 Å². The number of para-hydroxylation sites is 2. The summed E-state index contributed by atoms with van der Waals surface area (Å²) in [5.74, 6) is 0.187. The van der Waals surface area contributed by atoms with Crippen molar-refractivity contribution in [3.63, 3.8) is 0 Å². The highest BCUT2D eigenvalue weighted by Crippen LogP contribution is 2.41. The molecule has 0 saturated carbocycles. The number of hydrogen-bond acceptors (Lipinski definition) is 3. The van der Waals surface area contributed by atoms with Crippen LogP contribution in [0.3, 0.4) is 0 Å². The first-order chi connectivity index (χ1) is 15.0. The first-order valence-electron chi connectivity index (χ1n) is 9.45. The number of ether oxygens (including phenoxy) is 1. The van der Waals surface area contributed by atoms with E-state index in [0.717, 1.165) is 16.6 Å². The van der Waals surface area contributed by atoms with Gasteiger partial charge >= 0.3 is 6.61 Å². The second-order valence-corrected chi connectivity index (χ2v) is 7.45. The van der Waals surface area contributed by atoms with E-state index in [1.165, 1.54) is 24.3 Å². The van der Waals surface area contributed by atoms with Crippen molar-refractivity contribution >= 4 is 34.3 Å². The third kappa shape index (κ3) is 3.61. The van der Waals surface area contributed by atoms with Gasteiger partial charge in [-0.05, 0) is 66.2 Å².